The van der Waals surface area contributed by atoms with Crippen molar-refractivity contribution in [3.63, 3.8) is 0 Å². The molecule has 1 unspecified atom stereocenters. The summed E-state index contributed by atoms with van der Waals surface area (Å²) < 4.78 is 12.9. The largest absolute Gasteiger partial charge is 0.480 e. The first-order valence-corrected chi connectivity index (χ1v) is 7.06. The topological polar surface area (TPSA) is 113 Å². The van der Waals surface area contributed by atoms with Crippen LogP contribution in [0.3, 0.4) is 0 Å². The molecular weight excluding hydrogens is 271 g/mol. The van der Waals surface area contributed by atoms with Crippen LogP contribution in [0.1, 0.15) is 6.92 Å². The number of carboxylic acid groups (broad SMARTS) is 1. The first kappa shape index (κ1) is 13.7. The number of hydrogen-bond donors (Lipinski definition) is 3. The number of hydrogen-bond acceptors (Lipinski definition) is 3. The van der Waals surface area contributed by atoms with E-state index in [1.54, 1.807) is 24.3 Å². The van der Waals surface area contributed by atoms with E-state index in [9.17, 15) is 19.1 Å². The van der Waals surface area contributed by atoms with Crippen molar-refractivity contribution in [3.05, 3.63) is 30.6 Å². The molecule has 7 nitrogen and oxygen atoms in total. The van der Waals surface area contributed by atoms with Crippen LogP contribution in [-0.2, 0) is 15.9 Å². The smallest absolute Gasteiger partial charge is 0.344 e. The first-order valence-electron chi connectivity index (χ1n) is 5.44. The van der Waals surface area contributed by atoms with Gasteiger partial charge in [0.1, 0.15) is 0 Å². The summed E-state index contributed by atoms with van der Waals surface area (Å²) in [5, 5.41) is 6.93. The Kier molecular flexibility index (Phi) is 3.22. The van der Waals surface area contributed by atoms with Crippen molar-refractivity contribution in [2.45, 2.75) is 18.6 Å². The highest BCUT2D eigenvalue weighted by Gasteiger charge is 2.50. The molecule has 0 fully saturated rings. The molecule has 0 aliphatic carbocycles. The van der Waals surface area contributed by atoms with Gasteiger partial charge in [0, 0.05) is 0 Å². The highest BCUT2D eigenvalue weighted by molar-refractivity contribution is 7.54. The minimum Gasteiger partial charge on any atom is -0.480 e. The molecule has 0 spiro atoms. The van der Waals surface area contributed by atoms with Crippen molar-refractivity contribution in [3.8, 4) is 0 Å². The van der Waals surface area contributed by atoms with E-state index in [1.807, 2.05) is 0 Å². The predicted octanol–water partition coefficient (Wildman–Crippen LogP) is 1.06. The number of carboxylic acids is 1. The highest BCUT2D eigenvalue weighted by Crippen LogP contribution is 2.51. The molecule has 102 valence electrons. The zero-order valence-corrected chi connectivity index (χ0v) is 11.0. The number of benzene rings is 1. The molecule has 1 aromatic carbocycles. The van der Waals surface area contributed by atoms with Crippen LogP contribution < -0.4 is 0 Å². The van der Waals surface area contributed by atoms with E-state index < -0.39 is 18.7 Å². The predicted molar refractivity (Wildman–Crippen MR) is 67.8 cm³/mol. The van der Waals surface area contributed by atoms with Gasteiger partial charge in [0.05, 0.1) is 23.9 Å². The van der Waals surface area contributed by atoms with Crippen LogP contribution >= 0.6 is 7.60 Å². The fourth-order valence-electron chi connectivity index (χ4n) is 1.75. The molecule has 19 heavy (non-hydrogen) atoms. The normalized spacial score (nSPS) is 15.3. The lowest BCUT2D eigenvalue weighted by Crippen LogP contribution is -2.39. The van der Waals surface area contributed by atoms with Crippen molar-refractivity contribution in [2.24, 2.45) is 0 Å². The summed E-state index contributed by atoms with van der Waals surface area (Å²) in [6.45, 7) is 0.679. The second-order valence-electron chi connectivity index (χ2n) is 4.48. The third-order valence-electron chi connectivity index (χ3n) is 3.11. The van der Waals surface area contributed by atoms with E-state index >= 15 is 0 Å². The van der Waals surface area contributed by atoms with Crippen molar-refractivity contribution in [1.29, 1.82) is 0 Å². The molecule has 1 atom stereocenters. The van der Waals surface area contributed by atoms with Gasteiger partial charge in [0.25, 0.3) is 0 Å². The molecule has 2 aromatic rings. The standard InChI is InChI=1S/C11H13N2O5P/c1-11(10(14)15,19(16,17)18)6-13-7-12-8-4-2-3-5-9(8)13/h2-5,7H,6H2,1H3,(H,14,15)(H2,16,17,18). The Morgan fingerprint density at radius 2 is 2.05 bits per heavy atom. The van der Waals surface area contributed by atoms with Gasteiger partial charge in [0.15, 0.2) is 5.16 Å². The number of carbonyl (C=O) groups is 1. The summed E-state index contributed by atoms with van der Waals surface area (Å²) >= 11 is 0. The summed E-state index contributed by atoms with van der Waals surface area (Å²) in [4.78, 5) is 33.8. The fourth-order valence-corrected chi connectivity index (χ4v) is 2.34. The van der Waals surface area contributed by atoms with Crippen molar-refractivity contribution in [1.82, 2.24) is 9.55 Å². The average Bonchev–Trinajstić information content (AvgIpc) is 2.71. The second kappa shape index (κ2) is 4.45. The van der Waals surface area contributed by atoms with Crippen LogP contribution in [0, 0.1) is 0 Å². The minimum absolute atomic E-state index is 0.354. The molecule has 0 saturated heterocycles. The van der Waals surface area contributed by atoms with E-state index in [1.165, 1.54) is 10.9 Å². The second-order valence-corrected chi connectivity index (χ2v) is 6.56. The SMILES string of the molecule is CC(Cn1cnc2ccccc21)(C(=O)O)P(=O)(O)O. The molecule has 0 radical (unpaired) electrons. The maximum absolute atomic E-state index is 11.4. The summed E-state index contributed by atoms with van der Waals surface area (Å²) in [5.41, 5.74) is 1.27. The number of aliphatic carboxylic acids is 1. The summed E-state index contributed by atoms with van der Waals surface area (Å²) in [7, 11) is -4.81. The number of aromatic nitrogens is 2. The summed E-state index contributed by atoms with van der Waals surface area (Å²) in [6, 6.07) is 6.97. The molecule has 0 bridgehead atoms. The van der Waals surface area contributed by atoms with E-state index in [4.69, 9.17) is 5.11 Å². The number of rotatable bonds is 4. The van der Waals surface area contributed by atoms with Crippen LogP contribution in [-0.4, -0.2) is 35.6 Å². The number of imidazole rings is 1. The molecule has 0 amide bonds. The van der Waals surface area contributed by atoms with Gasteiger partial charge >= 0.3 is 13.6 Å². The van der Waals surface area contributed by atoms with Gasteiger partial charge in [-0.1, -0.05) is 12.1 Å². The lowest BCUT2D eigenvalue weighted by molar-refractivity contribution is -0.140. The molecular formula is C11H13N2O5P. The van der Waals surface area contributed by atoms with Crippen LogP contribution in [0.15, 0.2) is 30.6 Å². The Balaban J connectivity index is 2.49. The third kappa shape index (κ3) is 2.28. The van der Waals surface area contributed by atoms with Gasteiger partial charge in [-0.05, 0) is 19.1 Å². The quantitative estimate of drug-likeness (QED) is 0.723. The molecule has 0 saturated carbocycles. The summed E-state index contributed by atoms with van der Waals surface area (Å²) in [6.07, 6.45) is 1.38. The molecule has 0 aliphatic rings. The zero-order chi connectivity index (χ0) is 14.3. The lowest BCUT2D eigenvalue weighted by Gasteiger charge is -2.26. The van der Waals surface area contributed by atoms with E-state index in [-0.39, 0.29) is 6.54 Å². The van der Waals surface area contributed by atoms with Gasteiger partial charge in [-0.2, -0.15) is 0 Å². The highest BCUT2D eigenvalue weighted by atomic mass is 31.2. The van der Waals surface area contributed by atoms with Crippen LogP contribution in [0.5, 0.6) is 0 Å². The van der Waals surface area contributed by atoms with E-state index in [0.29, 0.717) is 11.0 Å². The van der Waals surface area contributed by atoms with Gasteiger partial charge < -0.3 is 19.5 Å². The Labute approximate surface area is 108 Å². The number of nitrogens with zero attached hydrogens (tertiary/aromatic N) is 2. The molecule has 3 N–H and O–H groups in total. The van der Waals surface area contributed by atoms with E-state index in [2.05, 4.69) is 4.98 Å². The van der Waals surface area contributed by atoms with Crippen LogP contribution in [0.2, 0.25) is 0 Å². The molecule has 8 heteroatoms. The Morgan fingerprint density at radius 3 is 2.63 bits per heavy atom. The van der Waals surface area contributed by atoms with Gasteiger partial charge in [-0.15, -0.1) is 0 Å². The van der Waals surface area contributed by atoms with Gasteiger partial charge in [0.2, 0.25) is 0 Å². The average molecular weight is 284 g/mol. The Hall–Kier alpha value is -1.69. The van der Waals surface area contributed by atoms with Crippen molar-refractivity contribution >= 4 is 24.6 Å². The lowest BCUT2D eigenvalue weighted by atomic mass is 10.1. The molecule has 0 aliphatic heterocycles. The maximum atomic E-state index is 11.4. The number of fused-ring (bicyclic) bond motifs is 1. The Morgan fingerprint density at radius 1 is 1.42 bits per heavy atom. The monoisotopic (exact) mass is 284 g/mol. The molecule has 1 heterocycles. The van der Waals surface area contributed by atoms with Gasteiger partial charge in [-0.3, -0.25) is 9.36 Å². The molecule has 1 aromatic heterocycles. The van der Waals surface area contributed by atoms with Crippen molar-refractivity contribution < 1.29 is 24.3 Å². The third-order valence-corrected chi connectivity index (χ3v) is 4.73. The molecule has 2 rings (SSSR count). The summed E-state index contributed by atoms with van der Waals surface area (Å²) in [5.74, 6) is -1.54. The van der Waals surface area contributed by atoms with Crippen molar-refractivity contribution in [2.75, 3.05) is 0 Å². The number of para-hydroxylation sites is 2. The van der Waals surface area contributed by atoms with E-state index in [0.717, 1.165) is 6.92 Å². The zero-order valence-electron chi connectivity index (χ0n) is 10.1. The van der Waals surface area contributed by atoms with Gasteiger partial charge in [-0.25, -0.2) is 4.98 Å². The fraction of sp³-hybridized carbons (Fsp3) is 0.273. The van der Waals surface area contributed by atoms with Crippen LogP contribution in [0.25, 0.3) is 11.0 Å². The van der Waals surface area contributed by atoms with Crippen LogP contribution in [0.4, 0.5) is 0 Å². The minimum atomic E-state index is -4.81. The first-order chi connectivity index (χ1) is 8.75. The maximum Gasteiger partial charge on any atom is 0.344 e. The Bertz CT molecular complexity index is 677.